The number of nitrogens with two attached hydrogens (primary N) is 1. The Morgan fingerprint density at radius 2 is 1.91 bits per heavy atom. The van der Waals surface area contributed by atoms with Crippen molar-refractivity contribution in [1.82, 2.24) is 19.9 Å². The number of aromatic nitrogens is 3. The molecule has 10 heteroatoms. The number of fused-ring (bicyclic) bond motifs is 1. The largest absolute Gasteiger partial charge is 0.322 e. The van der Waals surface area contributed by atoms with Crippen molar-refractivity contribution in [2.24, 2.45) is 5.14 Å². The van der Waals surface area contributed by atoms with Crippen molar-refractivity contribution >= 4 is 27.3 Å². The molecule has 0 unspecified atom stereocenters. The second-order valence-electron chi connectivity index (χ2n) is 7.67. The van der Waals surface area contributed by atoms with E-state index in [0.29, 0.717) is 23.4 Å². The van der Waals surface area contributed by atoms with Gasteiger partial charge in [0, 0.05) is 25.0 Å². The average molecular weight is 465 g/mol. The fourth-order valence-corrected chi connectivity index (χ4v) is 4.03. The number of nitrogens with zero attached hydrogens (tertiary/aromatic N) is 3. The number of primary sulfonamides is 1. The molecule has 4 aromatic rings. The number of amides is 1. The van der Waals surface area contributed by atoms with E-state index in [1.165, 1.54) is 6.33 Å². The lowest BCUT2D eigenvalue weighted by molar-refractivity contribution is 0.102. The van der Waals surface area contributed by atoms with Gasteiger partial charge in [-0.1, -0.05) is 42.5 Å². The Balaban J connectivity index is 1.58. The minimum Gasteiger partial charge on any atom is -0.322 e. The molecule has 0 atom stereocenters. The van der Waals surface area contributed by atoms with Gasteiger partial charge in [-0.05, 0) is 41.3 Å². The number of nitrogens with one attached hydrogen (secondary N) is 2. The summed E-state index contributed by atoms with van der Waals surface area (Å²) >= 11 is 0. The highest BCUT2D eigenvalue weighted by Crippen LogP contribution is 2.29. The molecule has 1 amide bonds. The smallest absolute Gasteiger partial charge is 0.259 e. The van der Waals surface area contributed by atoms with E-state index in [2.05, 4.69) is 20.8 Å². The van der Waals surface area contributed by atoms with Gasteiger partial charge in [0.05, 0.1) is 11.3 Å². The van der Waals surface area contributed by atoms with Crippen molar-refractivity contribution in [3.8, 4) is 11.1 Å². The molecule has 4 rings (SSSR count). The molecule has 170 valence electrons. The molecular formula is C23H24N6O3S. The number of hydrogen-bond donors (Lipinski definition) is 3. The van der Waals surface area contributed by atoms with Crippen LogP contribution in [-0.2, 0) is 16.6 Å². The minimum absolute atomic E-state index is 0.174. The fraction of sp³-hybridized carbons (Fsp3) is 0.174. The highest BCUT2D eigenvalue weighted by molar-refractivity contribution is 7.89. The number of hydrogen-bond acceptors (Lipinski definition) is 6. The van der Waals surface area contributed by atoms with Crippen molar-refractivity contribution in [1.29, 1.82) is 0 Å². The molecule has 0 saturated heterocycles. The molecular weight excluding hydrogens is 440 g/mol. The van der Waals surface area contributed by atoms with Crippen LogP contribution >= 0.6 is 0 Å². The standard InChI is InChI=1S/C23H24N6O3S/c1-16-19(18-6-3-2-4-7-18)8-5-9-21(16)27-23(30)20-12-17(13-25-10-11-33(24,31)32)14-29-15-26-28-22(20)29/h2-9,12,14-15,25H,10-11,13H2,1H3,(H,27,30)(H2,24,31,32). The Hall–Kier alpha value is -3.60. The zero-order valence-corrected chi connectivity index (χ0v) is 18.8. The van der Waals surface area contributed by atoms with Crippen LogP contribution in [0.2, 0.25) is 0 Å². The molecule has 0 bridgehead atoms. The van der Waals surface area contributed by atoms with Gasteiger partial charge in [-0.3, -0.25) is 9.20 Å². The van der Waals surface area contributed by atoms with E-state index in [1.807, 2.05) is 55.5 Å². The summed E-state index contributed by atoms with van der Waals surface area (Å²) in [5.41, 5.74) is 5.33. The third kappa shape index (κ3) is 5.43. The molecule has 9 nitrogen and oxygen atoms in total. The molecule has 0 aliphatic carbocycles. The molecule has 33 heavy (non-hydrogen) atoms. The lowest BCUT2D eigenvalue weighted by atomic mass is 9.99. The summed E-state index contributed by atoms with van der Waals surface area (Å²) in [4.78, 5) is 13.2. The molecule has 0 spiro atoms. The zero-order valence-electron chi connectivity index (χ0n) is 18.0. The van der Waals surface area contributed by atoms with E-state index in [0.717, 1.165) is 22.3 Å². The minimum atomic E-state index is -3.54. The number of benzene rings is 2. The van der Waals surface area contributed by atoms with Crippen LogP contribution in [0.15, 0.2) is 67.1 Å². The Morgan fingerprint density at radius 1 is 1.12 bits per heavy atom. The number of carbonyl (C=O) groups excluding carboxylic acids is 1. The van der Waals surface area contributed by atoms with Gasteiger partial charge in [0.25, 0.3) is 5.91 Å². The summed E-state index contributed by atoms with van der Waals surface area (Å²) < 4.78 is 23.9. The summed E-state index contributed by atoms with van der Waals surface area (Å²) in [5.74, 6) is -0.487. The summed E-state index contributed by atoms with van der Waals surface area (Å²) in [7, 11) is -3.54. The van der Waals surface area contributed by atoms with Crippen molar-refractivity contribution in [2.75, 3.05) is 17.6 Å². The summed E-state index contributed by atoms with van der Waals surface area (Å²) in [6, 6.07) is 17.5. The predicted molar refractivity (Wildman–Crippen MR) is 127 cm³/mol. The van der Waals surface area contributed by atoms with E-state index < -0.39 is 10.0 Å². The Kier molecular flexibility index (Phi) is 6.50. The highest BCUT2D eigenvalue weighted by Gasteiger charge is 2.16. The molecule has 0 radical (unpaired) electrons. The van der Waals surface area contributed by atoms with Gasteiger partial charge in [-0.2, -0.15) is 0 Å². The number of carbonyl (C=O) groups is 1. The molecule has 0 fully saturated rings. The average Bonchev–Trinajstić information content (AvgIpc) is 3.26. The first kappa shape index (κ1) is 22.6. The van der Waals surface area contributed by atoms with Crippen LogP contribution in [0.5, 0.6) is 0 Å². The Labute approximate surface area is 191 Å². The van der Waals surface area contributed by atoms with E-state index in [9.17, 15) is 13.2 Å². The van der Waals surface area contributed by atoms with Gasteiger partial charge in [0.15, 0.2) is 5.65 Å². The van der Waals surface area contributed by atoms with Crippen LogP contribution in [0.4, 0.5) is 5.69 Å². The summed E-state index contributed by atoms with van der Waals surface area (Å²) in [5, 5.41) is 19.0. The molecule has 0 saturated carbocycles. The Morgan fingerprint density at radius 3 is 2.67 bits per heavy atom. The normalized spacial score (nSPS) is 11.6. The summed E-state index contributed by atoms with van der Waals surface area (Å²) in [6.45, 7) is 2.52. The molecule has 2 aromatic heterocycles. The highest BCUT2D eigenvalue weighted by atomic mass is 32.2. The first-order chi connectivity index (χ1) is 15.8. The maximum Gasteiger partial charge on any atom is 0.259 e. The van der Waals surface area contributed by atoms with Crippen LogP contribution < -0.4 is 15.8 Å². The maximum absolute atomic E-state index is 13.2. The zero-order chi connectivity index (χ0) is 23.4. The van der Waals surface area contributed by atoms with Gasteiger partial charge < -0.3 is 10.6 Å². The quantitative estimate of drug-likeness (QED) is 0.343. The van der Waals surface area contributed by atoms with Crippen LogP contribution in [0.25, 0.3) is 16.8 Å². The van der Waals surface area contributed by atoms with Gasteiger partial charge in [-0.15, -0.1) is 10.2 Å². The topological polar surface area (TPSA) is 131 Å². The van der Waals surface area contributed by atoms with E-state index in [-0.39, 0.29) is 18.2 Å². The lowest BCUT2D eigenvalue weighted by Crippen LogP contribution is -2.27. The molecule has 0 aliphatic rings. The van der Waals surface area contributed by atoms with Gasteiger partial charge >= 0.3 is 0 Å². The fourth-order valence-electron chi connectivity index (χ4n) is 3.60. The van der Waals surface area contributed by atoms with Crippen molar-refractivity contribution in [3.05, 3.63) is 83.8 Å². The first-order valence-electron chi connectivity index (χ1n) is 10.3. The van der Waals surface area contributed by atoms with Crippen molar-refractivity contribution < 1.29 is 13.2 Å². The lowest BCUT2D eigenvalue weighted by Gasteiger charge is -2.14. The molecule has 4 N–H and O–H groups in total. The summed E-state index contributed by atoms with van der Waals surface area (Å²) in [6.07, 6.45) is 3.30. The van der Waals surface area contributed by atoms with Gasteiger partial charge in [0.2, 0.25) is 10.0 Å². The molecule has 2 aromatic carbocycles. The maximum atomic E-state index is 13.2. The van der Waals surface area contributed by atoms with Crippen LogP contribution in [0, 0.1) is 6.92 Å². The van der Waals surface area contributed by atoms with Gasteiger partial charge in [-0.25, -0.2) is 13.6 Å². The molecule has 2 heterocycles. The predicted octanol–water partition coefficient (Wildman–Crippen LogP) is 2.34. The third-order valence-electron chi connectivity index (χ3n) is 5.25. The number of sulfonamides is 1. The van der Waals surface area contributed by atoms with E-state index in [1.54, 1.807) is 16.7 Å². The van der Waals surface area contributed by atoms with Gasteiger partial charge in [0.1, 0.15) is 6.33 Å². The molecule has 0 aliphatic heterocycles. The number of anilines is 1. The number of rotatable bonds is 8. The van der Waals surface area contributed by atoms with Crippen LogP contribution in [-0.4, -0.2) is 41.2 Å². The third-order valence-corrected chi connectivity index (χ3v) is 6.03. The Bertz CT molecular complexity index is 1400. The van der Waals surface area contributed by atoms with Crippen LogP contribution in [0.1, 0.15) is 21.5 Å². The van der Waals surface area contributed by atoms with Crippen LogP contribution in [0.3, 0.4) is 0 Å². The van der Waals surface area contributed by atoms with E-state index in [4.69, 9.17) is 5.14 Å². The first-order valence-corrected chi connectivity index (χ1v) is 12.0. The van der Waals surface area contributed by atoms with E-state index >= 15 is 0 Å². The van der Waals surface area contributed by atoms with Crippen molar-refractivity contribution in [3.63, 3.8) is 0 Å². The SMILES string of the molecule is Cc1c(NC(=O)c2cc(CNCCS(N)(=O)=O)cn3cnnc23)cccc1-c1ccccc1. The van der Waals surface area contributed by atoms with Crippen molar-refractivity contribution in [2.45, 2.75) is 13.5 Å². The second kappa shape index (κ2) is 9.49. The second-order valence-corrected chi connectivity index (χ2v) is 9.40. The monoisotopic (exact) mass is 464 g/mol. The number of pyridine rings is 1.